The van der Waals surface area contributed by atoms with E-state index in [2.05, 4.69) is 11.9 Å². The first-order valence-corrected chi connectivity index (χ1v) is 5.70. The summed E-state index contributed by atoms with van der Waals surface area (Å²) in [5.74, 6) is 0.0289. The molecule has 0 unspecified atom stereocenters. The van der Waals surface area contributed by atoms with Crippen molar-refractivity contribution in [2.45, 2.75) is 12.8 Å². The molecular weight excluding hydrogens is 210 g/mol. The minimum atomic E-state index is 0.0289. The Balaban J connectivity index is 2.23. The lowest BCUT2D eigenvalue weighted by Crippen LogP contribution is -2.10. The van der Waals surface area contributed by atoms with Crippen LogP contribution in [0.15, 0.2) is 55.1 Å². The molecule has 0 bridgehead atoms. The zero-order chi connectivity index (χ0) is 12.1. The second-order valence-corrected chi connectivity index (χ2v) is 3.90. The second-order valence-electron chi connectivity index (χ2n) is 3.90. The van der Waals surface area contributed by atoms with Gasteiger partial charge in [0.2, 0.25) is 5.91 Å². The molecule has 2 nitrogen and oxygen atoms in total. The number of amides is 1. The van der Waals surface area contributed by atoms with Crippen LogP contribution in [-0.2, 0) is 4.79 Å². The molecule has 0 saturated carbocycles. The smallest absolute Gasteiger partial charge is 0.224 e. The van der Waals surface area contributed by atoms with Crippen LogP contribution in [0.3, 0.4) is 0 Å². The standard InChI is InChI=1S/C15H15NO/c1-2-3-11-15(17)16-14-10-6-8-12-7-4-5-9-13(12)14/h2,4-10H,1,3,11H2,(H,16,17). The fraction of sp³-hybridized carbons (Fsp3) is 0.133. The Labute approximate surface area is 101 Å². The van der Waals surface area contributed by atoms with Gasteiger partial charge in [0.25, 0.3) is 0 Å². The minimum Gasteiger partial charge on any atom is -0.326 e. The van der Waals surface area contributed by atoms with Gasteiger partial charge in [-0.1, -0.05) is 42.5 Å². The lowest BCUT2D eigenvalue weighted by atomic mass is 10.1. The van der Waals surface area contributed by atoms with Gasteiger partial charge in [-0.15, -0.1) is 6.58 Å². The lowest BCUT2D eigenvalue weighted by molar-refractivity contribution is -0.116. The molecule has 86 valence electrons. The van der Waals surface area contributed by atoms with Gasteiger partial charge >= 0.3 is 0 Å². The number of nitrogens with one attached hydrogen (secondary N) is 1. The predicted octanol–water partition coefficient (Wildman–Crippen LogP) is 3.74. The van der Waals surface area contributed by atoms with Crippen LogP contribution in [0.25, 0.3) is 10.8 Å². The van der Waals surface area contributed by atoms with Crippen molar-refractivity contribution in [3.63, 3.8) is 0 Å². The molecule has 0 saturated heterocycles. The largest absolute Gasteiger partial charge is 0.326 e. The average molecular weight is 225 g/mol. The minimum absolute atomic E-state index is 0.0289. The summed E-state index contributed by atoms with van der Waals surface area (Å²) in [4.78, 5) is 11.7. The SMILES string of the molecule is C=CCCC(=O)Nc1cccc2ccccc12. The first-order valence-electron chi connectivity index (χ1n) is 5.70. The molecule has 2 aromatic carbocycles. The number of allylic oxidation sites excluding steroid dienone is 1. The van der Waals surface area contributed by atoms with E-state index in [4.69, 9.17) is 0 Å². The van der Waals surface area contributed by atoms with Crippen molar-refractivity contribution in [1.29, 1.82) is 0 Å². The number of hydrogen-bond donors (Lipinski definition) is 1. The average Bonchev–Trinajstić information content (AvgIpc) is 2.37. The van der Waals surface area contributed by atoms with Crippen LogP contribution < -0.4 is 5.32 Å². The number of carbonyl (C=O) groups is 1. The third-order valence-corrected chi connectivity index (χ3v) is 2.64. The van der Waals surface area contributed by atoms with E-state index in [0.29, 0.717) is 12.8 Å². The summed E-state index contributed by atoms with van der Waals surface area (Å²) in [6.45, 7) is 3.61. The Kier molecular flexibility index (Phi) is 3.55. The molecule has 1 amide bonds. The van der Waals surface area contributed by atoms with Gasteiger partial charge in [0.1, 0.15) is 0 Å². The van der Waals surface area contributed by atoms with Gasteiger partial charge in [0.05, 0.1) is 0 Å². The van der Waals surface area contributed by atoms with Crippen molar-refractivity contribution in [3.05, 3.63) is 55.1 Å². The normalized spacial score (nSPS) is 10.1. The summed E-state index contributed by atoms with van der Waals surface area (Å²) in [6.07, 6.45) is 2.94. The molecular formula is C15H15NO. The van der Waals surface area contributed by atoms with Crippen molar-refractivity contribution < 1.29 is 4.79 Å². The fourth-order valence-corrected chi connectivity index (χ4v) is 1.78. The Bertz CT molecular complexity index is 540. The molecule has 0 atom stereocenters. The third kappa shape index (κ3) is 2.72. The van der Waals surface area contributed by atoms with Crippen LogP contribution in [0.4, 0.5) is 5.69 Å². The first-order chi connectivity index (χ1) is 8.31. The molecule has 0 aliphatic carbocycles. The summed E-state index contributed by atoms with van der Waals surface area (Å²) in [7, 11) is 0. The van der Waals surface area contributed by atoms with Gasteiger partial charge in [-0.25, -0.2) is 0 Å². The Hall–Kier alpha value is -2.09. The highest BCUT2D eigenvalue weighted by atomic mass is 16.1. The molecule has 2 rings (SSSR count). The van der Waals surface area contributed by atoms with Gasteiger partial charge in [-0.3, -0.25) is 4.79 Å². The van der Waals surface area contributed by atoms with Crippen molar-refractivity contribution in [3.8, 4) is 0 Å². The van der Waals surface area contributed by atoms with E-state index in [1.165, 1.54) is 0 Å². The number of rotatable bonds is 4. The fourth-order valence-electron chi connectivity index (χ4n) is 1.78. The van der Waals surface area contributed by atoms with E-state index >= 15 is 0 Å². The zero-order valence-electron chi connectivity index (χ0n) is 9.65. The third-order valence-electron chi connectivity index (χ3n) is 2.64. The van der Waals surface area contributed by atoms with Crippen molar-refractivity contribution in [1.82, 2.24) is 0 Å². The van der Waals surface area contributed by atoms with E-state index in [9.17, 15) is 4.79 Å². The monoisotopic (exact) mass is 225 g/mol. The van der Waals surface area contributed by atoms with Crippen molar-refractivity contribution >= 4 is 22.4 Å². The highest BCUT2D eigenvalue weighted by Gasteiger charge is 2.04. The van der Waals surface area contributed by atoms with E-state index < -0.39 is 0 Å². The van der Waals surface area contributed by atoms with E-state index in [1.807, 2.05) is 42.5 Å². The number of benzene rings is 2. The van der Waals surface area contributed by atoms with Crippen LogP contribution in [0.1, 0.15) is 12.8 Å². The summed E-state index contributed by atoms with van der Waals surface area (Å²) in [6, 6.07) is 13.9. The molecule has 0 aromatic heterocycles. The number of anilines is 1. The number of hydrogen-bond acceptors (Lipinski definition) is 1. The maximum atomic E-state index is 11.7. The first kappa shape index (κ1) is 11.4. The Morgan fingerprint density at radius 2 is 1.94 bits per heavy atom. The summed E-state index contributed by atoms with van der Waals surface area (Å²) in [5, 5.41) is 5.14. The number of fused-ring (bicyclic) bond motifs is 1. The van der Waals surface area contributed by atoms with Gasteiger partial charge in [0.15, 0.2) is 0 Å². The second kappa shape index (κ2) is 5.30. The quantitative estimate of drug-likeness (QED) is 0.789. The van der Waals surface area contributed by atoms with Gasteiger partial charge in [0, 0.05) is 17.5 Å². The molecule has 0 aliphatic heterocycles. The zero-order valence-corrected chi connectivity index (χ0v) is 9.65. The predicted molar refractivity (Wildman–Crippen MR) is 72.0 cm³/mol. The maximum absolute atomic E-state index is 11.7. The summed E-state index contributed by atoms with van der Waals surface area (Å²) in [5.41, 5.74) is 0.872. The molecule has 1 N–H and O–H groups in total. The lowest BCUT2D eigenvalue weighted by Gasteiger charge is -2.07. The molecule has 0 aliphatic rings. The van der Waals surface area contributed by atoms with E-state index in [0.717, 1.165) is 16.5 Å². The topological polar surface area (TPSA) is 29.1 Å². The van der Waals surface area contributed by atoms with Crippen LogP contribution >= 0.6 is 0 Å². The molecule has 2 heteroatoms. The van der Waals surface area contributed by atoms with Crippen LogP contribution in [0.5, 0.6) is 0 Å². The molecule has 17 heavy (non-hydrogen) atoms. The molecule has 0 fully saturated rings. The van der Waals surface area contributed by atoms with Crippen molar-refractivity contribution in [2.75, 3.05) is 5.32 Å². The highest BCUT2D eigenvalue weighted by molar-refractivity contribution is 6.02. The van der Waals surface area contributed by atoms with Gasteiger partial charge in [-0.05, 0) is 17.9 Å². The molecule has 0 heterocycles. The van der Waals surface area contributed by atoms with Crippen LogP contribution in [0, 0.1) is 0 Å². The Morgan fingerprint density at radius 3 is 2.76 bits per heavy atom. The van der Waals surface area contributed by atoms with Crippen molar-refractivity contribution in [2.24, 2.45) is 0 Å². The highest BCUT2D eigenvalue weighted by Crippen LogP contribution is 2.22. The molecule has 0 spiro atoms. The van der Waals surface area contributed by atoms with Gasteiger partial charge in [-0.2, -0.15) is 0 Å². The maximum Gasteiger partial charge on any atom is 0.224 e. The van der Waals surface area contributed by atoms with Gasteiger partial charge < -0.3 is 5.32 Å². The van der Waals surface area contributed by atoms with Crippen LogP contribution in [0.2, 0.25) is 0 Å². The Morgan fingerprint density at radius 1 is 1.18 bits per heavy atom. The summed E-state index contributed by atoms with van der Waals surface area (Å²) >= 11 is 0. The van der Waals surface area contributed by atoms with E-state index in [1.54, 1.807) is 6.08 Å². The molecule has 2 aromatic rings. The molecule has 0 radical (unpaired) electrons. The van der Waals surface area contributed by atoms with E-state index in [-0.39, 0.29) is 5.91 Å². The summed E-state index contributed by atoms with van der Waals surface area (Å²) < 4.78 is 0. The van der Waals surface area contributed by atoms with Crippen LogP contribution in [-0.4, -0.2) is 5.91 Å². The number of carbonyl (C=O) groups excluding carboxylic acids is 1.